The zero-order valence-corrected chi connectivity index (χ0v) is 17.5. The number of carbonyl (C=O) groups is 1. The minimum Gasteiger partial charge on any atom is -0.337 e. The number of nitrogens with zero attached hydrogens (tertiary/aromatic N) is 4. The molecule has 0 unspecified atom stereocenters. The maximum Gasteiger partial charge on any atom is 0.260 e. The van der Waals surface area contributed by atoms with Crippen LogP contribution in [0.2, 0.25) is 0 Å². The molecule has 0 aliphatic carbocycles. The molecule has 0 saturated carbocycles. The number of benzene rings is 2. The Kier molecular flexibility index (Phi) is 5.71. The predicted octanol–water partition coefficient (Wildman–Crippen LogP) is 5.10. The fourth-order valence-electron chi connectivity index (χ4n) is 3.36. The number of thiazole rings is 1. The highest BCUT2D eigenvalue weighted by Gasteiger charge is 2.21. The molecule has 4 aromatic rings. The maximum atomic E-state index is 13.4. The largest absolute Gasteiger partial charge is 0.337 e. The third-order valence-corrected chi connectivity index (χ3v) is 6.05. The lowest BCUT2D eigenvalue weighted by atomic mass is 10.1. The normalized spacial score (nSPS) is 11.1. The molecule has 0 spiro atoms. The Hall–Kier alpha value is -2.99. The number of imidazole rings is 1. The van der Waals surface area contributed by atoms with Gasteiger partial charge in [0.1, 0.15) is 0 Å². The van der Waals surface area contributed by atoms with E-state index in [0.717, 1.165) is 40.3 Å². The zero-order valence-electron chi connectivity index (χ0n) is 16.7. The molecular formula is C23H24N4OS. The summed E-state index contributed by atoms with van der Waals surface area (Å²) in [6.07, 6.45) is 7.27. The average Bonchev–Trinajstić information content (AvgIpc) is 3.40. The molecule has 0 radical (unpaired) electrons. The molecule has 0 aliphatic rings. The quantitative estimate of drug-likeness (QED) is 0.430. The minimum atomic E-state index is -0.00673. The van der Waals surface area contributed by atoms with Crippen molar-refractivity contribution in [2.75, 3.05) is 11.4 Å². The van der Waals surface area contributed by atoms with Gasteiger partial charge in [-0.15, -0.1) is 0 Å². The van der Waals surface area contributed by atoms with Gasteiger partial charge in [-0.3, -0.25) is 9.69 Å². The Morgan fingerprint density at radius 1 is 1.17 bits per heavy atom. The van der Waals surface area contributed by atoms with Crippen molar-refractivity contribution in [1.82, 2.24) is 14.5 Å². The summed E-state index contributed by atoms with van der Waals surface area (Å²) in [6, 6.07) is 14.0. The molecule has 2 aromatic heterocycles. The predicted molar refractivity (Wildman–Crippen MR) is 119 cm³/mol. The molecule has 4 rings (SSSR count). The van der Waals surface area contributed by atoms with Gasteiger partial charge in [0, 0.05) is 31.0 Å². The molecule has 0 fully saturated rings. The van der Waals surface area contributed by atoms with E-state index >= 15 is 0 Å². The molecule has 6 heteroatoms. The molecule has 148 valence electrons. The van der Waals surface area contributed by atoms with Crippen LogP contribution in [0.4, 0.5) is 5.13 Å². The number of hydrogen-bond acceptors (Lipinski definition) is 4. The Morgan fingerprint density at radius 2 is 2.00 bits per heavy atom. The Labute approximate surface area is 174 Å². The second-order valence-corrected chi connectivity index (χ2v) is 8.10. The summed E-state index contributed by atoms with van der Waals surface area (Å²) < 4.78 is 3.15. The average molecular weight is 405 g/mol. The molecule has 0 atom stereocenters. The number of para-hydroxylation sites is 1. The highest BCUT2D eigenvalue weighted by Crippen LogP contribution is 2.32. The molecular weight excluding hydrogens is 380 g/mol. The zero-order chi connectivity index (χ0) is 20.2. The van der Waals surface area contributed by atoms with Gasteiger partial charge in [0.05, 0.1) is 16.5 Å². The van der Waals surface area contributed by atoms with Crippen LogP contribution < -0.4 is 4.90 Å². The van der Waals surface area contributed by atoms with Gasteiger partial charge < -0.3 is 4.57 Å². The fourth-order valence-corrected chi connectivity index (χ4v) is 4.40. The van der Waals surface area contributed by atoms with Crippen LogP contribution in [0.3, 0.4) is 0 Å². The van der Waals surface area contributed by atoms with Gasteiger partial charge in [-0.2, -0.15) is 0 Å². The Bertz CT molecular complexity index is 1100. The lowest BCUT2D eigenvalue weighted by Crippen LogP contribution is -2.32. The topological polar surface area (TPSA) is 51.0 Å². The molecule has 2 heterocycles. The van der Waals surface area contributed by atoms with Gasteiger partial charge in [-0.25, -0.2) is 9.97 Å². The van der Waals surface area contributed by atoms with Crippen molar-refractivity contribution in [2.24, 2.45) is 0 Å². The van der Waals surface area contributed by atoms with E-state index in [9.17, 15) is 4.79 Å². The second kappa shape index (κ2) is 8.57. The fraction of sp³-hybridized carbons (Fsp3) is 0.261. The lowest BCUT2D eigenvalue weighted by Gasteiger charge is -2.20. The summed E-state index contributed by atoms with van der Waals surface area (Å²) in [5.74, 6) is -0.00673. The van der Waals surface area contributed by atoms with E-state index in [4.69, 9.17) is 4.98 Å². The number of aryl methyl sites for hydroxylation is 3. The third kappa shape index (κ3) is 4.22. The standard InChI is InChI=1S/C23H24N4OS/c1-3-18-6-4-7-20-21(18)25-23(29-20)27(14-5-13-26-15-12-24-16-26)22(28)19-10-8-17(2)9-11-19/h4,6-12,15-16H,3,5,13-14H2,1-2H3. The van der Waals surface area contributed by atoms with Crippen molar-refractivity contribution in [3.63, 3.8) is 0 Å². The first-order valence-corrected chi connectivity index (χ1v) is 10.7. The highest BCUT2D eigenvalue weighted by molar-refractivity contribution is 7.22. The summed E-state index contributed by atoms with van der Waals surface area (Å²) in [5, 5.41) is 0.761. The Morgan fingerprint density at radius 3 is 2.72 bits per heavy atom. The van der Waals surface area contributed by atoms with Crippen molar-refractivity contribution >= 4 is 32.6 Å². The van der Waals surface area contributed by atoms with Crippen molar-refractivity contribution in [3.05, 3.63) is 77.9 Å². The van der Waals surface area contributed by atoms with Crippen LogP contribution in [-0.4, -0.2) is 27.0 Å². The number of amides is 1. The van der Waals surface area contributed by atoms with Crippen molar-refractivity contribution in [3.8, 4) is 0 Å². The number of rotatable bonds is 7. The molecule has 0 aliphatic heterocycles. The van der Waals surface area contributed by atoms with E-state index in [0.29, 0.717) is 12.1 Å². The molecule has 29 heavy (non-hydrogen) atoms. The maximum absolute atomic E-state index is 13.4. The second-order valence-electron chi connectivity index (χ2n) is 7.09. The summed E-state index contributed by atoms with van der Waals surface area (Å²) in [4.78, 5) is 24.1. The number of hydrogen-bond donors (Lipinski definition) is 0. The van der Waals surface area contributed by atoms with Crippen LogP contribution in [0.5, 0.6) is 0 Å². The molecule has 5 nitrogen and oxygen atoms in total. The number of anilines is 1. The van der Waals surface area contributed by atoms with Crippen LogP contribution in [0.1, 0.15) is 34.8 Å². The highest BCUT2D eigenvalue weighted by atomic mass is 32.1. The molecule has 0 bridgehead atoms. The Balaban J connectivity index is 1.65. The molecule has 0 N–H and O–H groups in total. The van der Waals surface area contributed by atoms with Gasteiger partial charge in [0.25, 0.3) is 5.91 Å². The van der Waals surface area contributed by atoms with E-state index in [-0.39, 0.29) is 5.91 Å². The third-order valence-electron chi connectivity index (χ3n) is 5.00. The van der Waals surface area contributed by atoms with E-state index in [1.165, 1.54) is 5.56 Å². The van der Waals surface area contributed by atoms with Gasteiger partial charge in [-0.1, -0.05) is 48.1 Å². The van der Waals surface area contributed by atoms with Crippen molar-refractivity contribution in [2.45, 2.75) is 33.2 Å². The van der Waals surface area contributed by atoms with E-state index in [1.807, 2.05) is 46.9 Å². The van der Waals surface area contributed by atoms with E-state index < -0.39 is 0 Å². The summed E-state index contributed by atoms with van der Waals surface area (Å²) >= 11 is 1.58. The first-order valence-electron chi connectivity index (χ1n) is 9.88. The first-order chi connectivity index (χ1) is 14.2. The SMILES string of the molecule is CCc1cccc2sc(N(CCCn3ccnc3)C(=O)c3ccc(C)cc3)nc12. The monoisotopic (exact) mass is 404 g/mol. The van der Waals surface area contributed by atoms with Crippen LogP contribution in [0.25, 0.3) is 10.2 Å². The van der Waals surface area contributed by atoms with Gasteiger partial charge in [0.15, 0.2) is 5.13 Å². The van der Waals surface area contributed by atoms with Crippen LogP contribution >= 0.6 is 11.3 Å². The number of carbonyl (C=O) groups excluding carboxylic acids is 1. The van der Waals surface area contributed by atoms with Crippen molar-refractivity contribution < 1.29 is 4.79 Å². The summed E-state index contributed by atoms with van der Waals surface area (Å²) in [6.45, 7) is 5.57. The number of fused-ring (bicyclic) bond motifs is 1. The van der Waals surface area contributed by atoms with E-state index in [1.54, 1.807) is 23.9 Å². The van der Waals surface area contributed by atoms with E-state index in [2.05, 4.69) is 30.1 Å². The first kappa shape index (κ1) is 19.3. The van der Waals surface area contributed by atoms with Crippen LogP contribution in [0.15, 0.2) is 61.2 Å². The molecule has 0 saturated heterocycles. The number of aromatic nitrogens is 3. The van der Waals surface area contributed by atoms with Crippen LogP contribution in [0, 0.1) is 6.92 Å². The van der Waals surface area contributed by atoms with Gasteiger partial charge in [0.2, 0.25) is 0 Å². The van der Waals surface area contributed by atoms with Crippen LogP contribution in [-0.2, 0) is 13.0 Å². The van der Waals surface area contributed by atoms with Gasteiger partial charge >= 0.3 is 0 Å². The smallest absolute Gasteiger partial charge is 0.260 e. The molecule has 2 aromatic carbocycles. The summed E-state index contributed by atoms with van der Waals surface area (Å²) in [7, 11) is 0. The lowest BCUT2D eigenvalue weighted by molar-refractivity contribution is 0.0986. The van der Waals surface area contributed by atoms with Gasteiger partial charge in [-0.05, 0) is 43.5 Å². The minimum absolute atomic E-state index is 0.00673. The summed E-state index contributed by atoms with van der Waals surface area (Å²) in [5.41, 5.74) is 4.05. The molecule has 1 amide bonds. The van der Waals surface area contributed by atoms with Crippen molar-refractivity contribution in [1.29, 1.82) is 0 Å².